The van der Waals surface area contributed by atoms with Crippen LogP contribution in [0.15, 0.2) is 48.5 Å². The van der Waals surface area contributed by atoms with Gasteiger partial charge in [-0.05, 0) is 36.6 Å². The highest BCUT2D eigenvalue weighted by Crippen LogP contribution is 2.16. The average molecular weight is 368 g/mol. The van der Waals surface area contributed by atoms with Crippen molar-refractivity contribution in [3.8, 4) is 0 Å². The first-order valence-corrected chi connectivity index (χ1v) is 8.88. The summed E-state index contributed by atoms with van der Waals surface area (Å²) in [5.74, 6) is -1.65. The molecule has 3 N–H and O–H groups in total. The van der Waals surface area contributed by atoms with Gasteiger partial charge in [-0.3, -0.25) is 9.59 Å². The third-order valence-electron chi connectivity index (χ3n) is 4.17. The fourth-order valence-corrected chi connectivity index (χ4v) is 2.74. The lowest BCUT2D eigenvalue weighted by molar-refractivity contribution is -0.126. The Bertz CT molecular complexity index is 818. The van der Waals surface area contributed by atoms with E-state index in [1.54, 1.807) is 19.1 Å². The summed E-state index contributed by atoms with van der Waals surface area (Å²) in [6.45, 7) is 3.62. The fourth-order valence-electron chi connectivity index (χ4n) is 2.74. The van der Waals surface area contributed by atoms with E-state index in [0.29, 0.717) is 17.7 Å². The second-order valence-electron chi connectivity index (χ2n) is 6.40. The van der Waals surface area contributed by atoms with Crippen LogP contribution < -0.4 is 10.6 Å². The highest BCUT2D eigenvalue weighted by Gasteiger charge is 2.20. The Labute approximate surface area is 158 Å². The van der Waals surface area contributed by atoms with Gasteiger partial charge in [0.1, 0.15) is 6.04 Å². The predicted molar refractivity (Wildman–Crippen MR) is 104 cm³/mol. The highest BCUT2D eigenvalue weighted by molar-refractivity contribution is 5.98. The number of carboxylic acid groups (broad SMARTS) is 1. The van der Waals surface area contributed by atoms with Gasteiger partial charge in [0, 0.05) is 5.69 Å². The summed E-state index contributed by atoms with van der Waals surface area (Å²) < 4.78 is 0. The number of carbonyl (C=O) groups is 3. The van der Waals surface area contributed by atoms with Gasteiger partial charge in [0.05, 0.1) is 12.0 Å². The number of hydrogen-bond donors (Lipinski definition) is 3. The van der Waals surface area contributed by atoms with Gasteiger partial charge in [0.2, 0.25) is 11.8 Å². The summed E-state index contributed by atoms with van der Waals surface area (Å²) in [4.78, 5) is 36.1. The zero-order valence-corrected chi connectivity index (χ0v) is 15.5. The van der Waals surface area contributed by atoms with Gasteiger partial charge in [0.15, 0.2) is 0 Å². The summed E-state index contributed by atoms with van der Waals surface area (Å²) in [6.07, 6.45) is 1.41. The number of aryl methyl sites for hydroxylation is 1. The summed E-state index contributed by atoms with van der Waals surface area (Å²) >= 11 is 0. The molecule has 6 heteroatoms. The molecular formula is C21H24N2O4. The Hall–Kier alpha value is -3.15. The number of carbonyl (C=O) groups excluding carboxylic acids is 2. The predicted octanol–water partition coefficient (Wildman–Crippen LogP) is 3.16. The van der Waals surface area contributed by atoms with E-state index in [2.05, 4.69) is 10.6 Å². The molecule has 1 atom stereocenters. The van der Waals surface area contributed by atoms with Gasteiger partial charge in [0.25, 0.3) is 0 Å². The molecule has 0 saturated heterocycles. The second-order valence-corrected chi connectivity index (χ2v) is 6.40. The maximum Gasteiger partial charge on any atom is 0.336 e. The number of aromatic carboxylic acids is 1. The van der Waals surface area contributed by atoms with Gasteiger partial charge >= 0.3 is 5.97 Å². The fraction of sp³-hybridized carbons (Fsp3) is 0.286. The lowest BCUT2D eigenvalue weighted by Gasteiger charge is -2.18. The molecular weight excluding hydrogens is 344 g/mol. The second kappa shape index (κ2) is 9.52. The van der Waals surface area contributed by atoms with E-state index < -0.39 is 12.0 Å². The summed E-state index contributed by atoms with van der Waals surface area (Å²) in [5.41, 5.74) is 2.01. The first-order valence-electron chi connectivity index (χ1n) is 8.88. The number of nitrogens with one attached hydrogen (secondary N) is 2. The molecule has 0 aliphatic carbocycles. The quantitative estimate of drug-likeness (QED) is 0.667. The molecule has 0 aromatic heterocycles. The van der Waals surface area contributed by atoms with Crippen LogP contribution in [0.2, 0.25) is 0 Å². The van der Waals surface area contributed by atoms with Crippen LogP contribution in [-0.2, 0) is 16.0 Å². The van der Waals surface area contributed by atoms with Crippen LogP contribution in [0.1, 0.15) is 41.3 Å². The van der Waals surface area contributed by atoms with Gasteiger partial charge in [-0.1, -0.05) is 49.7 Å². The molecule has 27 heavy (non-hydrogen) atoms. The Balaban J connectivity index is 2.05. The van der Waals surface area contributed by atoms with Crippen molar-refractivity contribution < 1.29 is 19.5 Å². The number of rotatable bonds is 8. The summed E-state index contributed by atoms with van der Waals surface area (Å²) in [6, 6.07) is 13.3. The van der Waals surface area contributed by atoms with Gasteiger partial charge < -0.3 is 15.7 Å². The van der Waals surface area contributed by atoms with Crippen LogP contribution in [-0.4, -0.2) is 28.9 Å². The minimum absolute atomic E-state index is 0.132. The van der Waals surface area contributed by atoms with Crippen molar-refractivity contribution in [3.63, 3.8) is 0 Å². The Kier molecular flexibility index (Phi) is 7.11. The molecule has 0 spiro atoms. The van der Waals surface area contributed by atoms with Crippen molar-refractivity contribution in [2.24, 2.45) is 0 Å². The molecule has 2 rings (SSSR count). The molecule has 2 amide bonds. The lowest BCUT2D eigenvalue weighted by Crippen LogP contribution is -2.44. The van der Waals surface area contributed by atoms with Gasteiger partial charge in [-0.25, -0.2) is 4.79 Å². The molecule has 0 saturated carbocycles. The number of anilines is 1. The van der Waals surface area contributed by atoms with E-state index in [1.807, 2.05) is 37.3 Å². The third-order valence-corrected chi connectivity index (χ3v) is 4.17. The van der Waals surface area contributed by atoms with Crippen molar-refractivity contribution in [2.75, 3.05) is 5.32 Å². The zero-order valence-electron chi connectivity index (χ0n) is 15.5. The number of carboxylic acids is 1. The first kappa shape index (κ1) is 20.2. The highest BCUT2D eigenvalue weighted by atomic mass is 16.4. The number of benzene rings is 2. The molecule has 0 radical (unpaired) electrons. The number of amides is 2. The third kappa shape index (κ3) is 5.95. The molecule has 6 nitrogen and oxygen atoms in total. The molecule has 1 unspecified atom stereocenters. The van der Waals surface area contributed by atoms with Crippen LogP contribution in [0.4, 0.5) is 5.69 Å². The molecule has 142 valence electrons. The minimum Gasteiger partial charge on any atom is -0.478 e. The van der Waals surface area contributed by atoms with E-state index in [4.69, 9.17) is 0 Å². The standard InChI is InChI=1S/C21H24N2O4/c1-3-7-18(23-19(24)12-15-8-5-4-6-9-15)20(25)22-16-11-10-14(2)17(13-16)21(26)27/h4-6,8-11,13,18H,3,7,12H2,1-2H3,(H,22,25)(H,23,24)(H,26,27). The van der Waals surface area contributed by atoms with Gasteiger partial charge in [-0.2, -0.15) is 0 Å². The number of hydrogen-bond acceptors (Lipinski definition) is 3. The van der Waals surface area contributed by atoms with E-state index in [-0.39, 0.29) is 23.8 Å². The zero-order chi connectivity index (χ0) is 19.8. The van der Waals surface area contributed by atoms with Crippen molar-refractivity contribution in [2.45, 2.75) is 39.2 Å². The molecule has 0 fully saturated rings. The monoisotopic (exact) mass is 368 g/mol. The summed E-state index contributed by atoms with van der Waals surface area (Å²) in [5, 5.41) is 14.7. The average Bonchev–Trinajstić information content (AvgIpc) is 2.63. The Morgan fingerprint density at radius 3 is 2.41 bits per heavy atom. The molecule has 2 aromatic carbocycles. The molecule has 0 aliphatic rings. The largest absolute Gasteiger partial charge is 0.478 e. The normalized spacial score (nSPS) is 11.5. The topological polar surface area (TPSA) is 95.5 Å². The maximum atomic E-state index is 12.6. The molecule has 0 bridgehead atoms. The van der Waals surface area contributed by atoms with Crippen LogP contribution >= 0.6 is 0 Å². The molecule has 0 heterocycles. The van der Waals surface area contributed by atoms with E-state index >= 15 is 0 Å². The van der Waals surface area contributed by atoms with Gasteiger partial charge in [-0.15, -0.1) is 0 Å². The van der Waals surface area contributed by atoms with E-state index in [9.17, 15) is 19.5 Å². The molecule has 0 aliphatic heterocycles. The SMILES string of the molecule is CCCC(NC(=O)Cc1ccccc1)C(=O)Nc1ccc(C)c(C(=O)O)c1. The lowest BCUT2D eigenvalue weighted by atomic mass is 10.1. The first-order chi connectivity index (χ1) is 12.9. The Morgan fingerprint density at radius 1 is 1.07 bits per heavy atom. The maximum absolute atomic E-state index is 12.6. The smallest absolute Gasteiger partial charge is 0.336 e. The van der Waals surface area contributed by atoms with Crippen molar-refractivity contribution >= 4 is 23.5 Å². The van der Waals surface area contributed by atoms with Crippen molar-refractivity contribution in [3.05, 3.63) is 65.2 Å². The minimum atomic E-state index is -1.05. The summed E-state index contributed by atoms with van der Waals surface area (Å²) in [7, 11) is 0. The molecule has 2 aromatic rings. The van der Waals surface area contributed by atoms with Crippen molar-refractivity contribution in [1.82, 2.24) is 5.32 Å². The van der Waals surface area contributed by atoms with E-state index in [1.165, 1.54) is 6.07 Å². The van der Waals surface area contributed by atoms with Crippen LogP contribution in [0.5, 0.6) is 0 Å². The van der Waals surface area contributed by atoms with Crippen molar-refractivity contribution in [1.29, 1.82) is 0 Å². The van der Waals surface area contributed by atoms with Crippen LogP contribution in [0.25, 0.3) is 0 Å². The van der Waals surface area contributed by atoms with Crippen LogP contribution in [0, 0.1) is 6.92 Å². The Morgan fingerprint density at radius 2 is 1.78 bits per heavy atom. The van der Waals surface area contributed by atoms with Crippen LogP contribution in [0.3, 0.4) is 0 Å². The van der Waals surface area contributed by atoms with E-state index in [0.717, 1.165) is 12.0 Å².